The zero-order valence-corrected chi connectivity index (χ0v) is 19.7. The SMILES string of the molecule is CC(C)(C)c1cccc2c1CCC(O[Si](c1ccccc1)c1ccccc1)=C2CCO. The molecule has 0 saturated heterocycles. The lowest BCUT2D eigenvalue weighted by molar-refractivity contribution is 0.302. The Morgan fingerprint density at radius 3 is 1.97 bits per heavy atom. The molecule has 3 aromatic carbocycles. The molecular formula is C28H31O2Si. The van der Waals surface area contributed by atoms with E-state index in [4.69, 9.17) is 4.43 Å². The predicted molar refractivity (Wildman–Crippen MR) is 131 cm³/mol. The van der Waals surface area contributed by atoms with Crippen LogP contribution in [0.2, 0.25) is 0 Å². The van der Waals surface area contributed by atoms with E-state index < -0.39 is 9.04 Å². The van der Waals surface area contributed by atoms with Gasteiger partial charge in [-0.1, -0.05) is 99.6 Å². The summed E-state index contributed by atoms with van der Waals surface area (Å²) in [4.78, 5) is 0. The second kappa shape index (κ2) is 9.25. The molecule has 1 N–H and O–H groups in total. The summed E-state index contributed by atoms with van der Waals surface area (Å²) in [5, 5.41) is 12.4. The lowest BCUT2D eigenvalue weighted by atomic mass is 9.77. The molecule has 4 rings (SSSR count). The average molecular weight is 428 g/mol. The highest BCUT2D eigenvalue weighted by molar-refractivity contribution is 6.80. The van der Waals surface area contributed by atoms with Gasteiger partial charge in [0.1, 0.15) is 0 Å². The molecule has 159 valence electrons. The first kappa shape index (κ1) is 21.6. The molecule has 3 aromatic rings. The topological polar surface area (TPSA) is 29.5 Å². The lowest BCUT2D eigenvalue weighted by Crippen LogP contribution is -2.45. The van der Waals surface area contributed by atoms with Crippen molar-refractivity contribution in [2.24, 2.45) is 0 Å². The van der Waals surface area contributed by atoms with E-state index in [1.165, 1.54) is 32.6 Å². The van der Waals surface area contributed by atoms with Crippen LogP contribution in [0.4, 0.5) is 0 Å². The number of fused-ring (bicyclic) bond motifs is 1. The first-order valence-electron chi connectivity index (χ1n) is 11.1. The monoisotopic (exact) mass is 427 g/mol. The van der Waals surface area contributed by atoms with Crippen molar-refractivity contribution in [2.45, 2.75) is 45.4 Å². The Labute approximate surface area is 188 Å². The van der Waals surface area contributed by atoms with E-state index in [9.17, 15) is 5.11 Å². The minimum absolute atomic E-state index is 0.0943. The van der Waals surface area contributed by atoms with Gasteiger partial charge in [-0.25, -0.2) is 0 Å². The van der Waals surface area contributed by atoms with Crippen LogP contribution < -0.4 is 10.4 Å². The second-order valence-electron chi connectivity index (χ2n) is 9.12. The van der Waals surface area contributed by atoms with E-state index in [1.807, 2.05) is 0 Å². The molecule has 0 spiro atoms. The van der Waals surface area contributed by atoms with Crippen molar-refractivity contribution in [3.63, 3.8) is 0 Å². The maximum atomic E-state index is 9.88. The number of aliphatic hydroxyl groups excluding tert-OH is 1. The Kier molecular flexibility index (Phi) is 6.45. The van der Waals surface area contributed by atoms with Crippen LogP contribution in [0.15, 0.2) is 84.6 Å². The van der Waals surface area contributed by atoms with Gasteiger partial charge in [-0.3, -0.25) is 0 Å². The molecule has 0 unspecified atom stereocenters. The van der Waals surface area contributed by atoms with E-state index in [2.05, 4.69) is 99.6 Å². The highest BCUT2D eigenvalue weighted by Gasteiger charge is 2.29. The summed E-state index contributed by atoms with van der Waals surface area (Å²) in [5.74, 6) is 1.05. The Bertz CT molecular complexity index is 1010. The van der Waals surface area contributed by atoms with Gasteiger partial charge < -0.3 is 9.53 Å². The molecule has 1 aliphatic carbocycles. The smallest absolute Gasteiger partial charge is 0.352 e. The van der Waals surface area contributed by atoms with E-state index >= 15 is 0 Å². The summed E-state index contributed by atoms with van der Waals surface area (Å²) in [5.41, 5.74) is 5.33. The highest BCUT2D eigenvalue weighted by atomic mass is 28.3. The van der Waals surface area contributed by atoms with Crippen molar-refractivity contribution in [1.82, 2.24) is 0 Å². The zero-order chi connectivity index (χ0) is 21.8. The van der Waals surface area contributed by atoms with E-state index in [0.29, 0.717) is 6.42 Å². The molecule has 3 heteroatoms. The number of hydrogen-bond donors (Lipinski definition) is 1. The van der Waals surface area contributed by atoms with Crippen molar-refractivity contribution in [3.8, 4) is 0 Å². The van der Waals surface area contributed by atoms with Gasteiger partial charge in [0.15, 0.2) is 0 Å². The van der Waals surface area contributed by atoms with Crippen molar-refractivity contribution in [3.05, 3.63) is 101 Å². The number of allylic oxidation sites excluding steroid dienone is 1. The van der Waals surface area contributed by atoms with Crippen LogP contribution in [0, 0.1) is 0 Å². The molecule has 0 aromatic heterocycles. The van der Waals surface area contributed by atoms with Gasteiger partial charge in [-0.2, -0.15) is 0 Å². The van der Waals surface area contributed by atoms with Crippen molar-refractivity contribution in [1.29, 1.82) is 0 Å². The average Bonchev–Trinajstić information content (AvgIpc) is 2.78. The quantitative estimate of drug-likeness (QED) is 0.570. The summed E-state index contributed by atoms with van der Waals surface area (Å²) in [6, 6.07) is 27.7. The molecule has 1 radical (unpaired) electrons. The largest absolute Gasteiger partial charge is 0.536 e. The number of aliphatic hydroxyl groups is 1. The van der Waals surface area contributed by atoms with Gasteiger partial charge in [-0.05, 0) is 50.9 Å². The highest BCUT2D eigenvalue weighted by Crippen LogP contribution is 2.39. The molecule has 0 bridgehead atoms. The standard InChI is InChI=1S/C28H31O2Si/c1-28(2,3)26-16-10-15-23-24(26)17-18-27(25(23)19-20-29)30-31(21-11-6-4-7-12-21)22-13-8-5-9-14-22/h4-16,29H,17-20H2,1-3H3. The summed E-state index contributed by atoms with van der Waals surface area (Å²) in [7, 11) is -1.43. The number of benzene rings is 3. The lowest BCUT2D eigenvalue weighted by Gasteiger charge is -2.31. The third-order valence-electron chi connectivity index (χ3n) is 5.91. The first-order valence-corrected chi connectivity index (χ1v) is 12.5. The Hall–Kier alpha value is -2.62. The summed E-state index contributed by atoms with van der Waals surface area (Å²) >= 11 is 0. The van der Waals surface area contributed by atoms with Gasteiger partial charge in [0, 0.05) is 13.0 Å². The Morgan fingerprint density at radius 1 is 0.806 bits per heavy atom. The summed E-state index contributed by atoms with van der Waals surface area (Å²) in [6.45, 7) is 6.95. The molecular weight excluding hydrogens is 396 g/mol. The van der Waals surface area contributed by atoms with Crippen LogP contribution in [0.5, 0.6) is 0 Å². The van der Waals surface area contributed by atoms with Crippen LogP contribution in [-0.4, -0.2) is 20.8 Å². The summed E-state index contributed by atoms with van der Waals surface area (Å²) in [6.07, 6.45) is 2.48. The van der Waals surface area contributed by atoms with E-state index in [0.717, 1.165) is 18.6 Å². The Morgan fingerprint density at radius 2 is 1.42 bits per heavy atom. The van der Waals surface area contributed by atoms with Crippen molar-refractivity contribution in [2.75, 3.05) is 6.61 Å². The van der Waals surface area contributed by atoms with Crippen molar-refractivity contribution < 1.29 is 9.53 Å². The number of hydrogen-bond acceptors (Lipinski definition) is 2. The molecule has 0 atom stereocenters. The van der Waals surface area contributed by atoms with E-state index in [1.54, 1.807) is 0 Å². The number of rotatable bonds is 6. The fourth-order valence-corrected chi connectivity index (χ4v) is 6.50. The van der Waals surface area contributed by atoms with Crippen LogP contribution in [-0.2, 0) is 16.3 Å². The molecule has 1 aliphatic rings. The van der Waals surface area contributed by atoms with Crippen LogP contribution in [0.3, 0.4) is 0 Å². The van der Waals surface area contributed by atoms with Gasteiger partial charge in [0.2, 0.25) is 0 Å². The Balaban J connectivity index is 1.80. The minimum atomic E-state index is -1.43. The van der Waals surface area contributed by atoms with Gasteiger partial charge in [0.05, 0.1) is 5.76 Å². The molecule has 0 heterocycles. The third-order valence-corrected chi connectivity index (χ3v) is 8.07. The second-order valence-corrected chi connectivity index (χ2v) is 11.1. The molecule has 0 amide bonds. The van der Waals surface area contributed by atoms with E-state index in [-0.39, 0.29) is 12.0 Å². The van der Waals surface area contributed by atoms with Crippen LogP contribution >= 0.6 is 0 Å². The molecule has 0 fully saturated rings. The van der Waals surface area contributed by atoms with Crippen LogP contribution in [0.1, 0.15) is 50.3 Å². The van der Waals surface area contributed by atoms with Crippen molar-refractivity contribution >= 4 is 25.0 Å². The van der Waals surface area contributed by atoms with Gasteiger partial charge in [0.25, 0.3) is 0 Å². The first-order chi connectivity index (χ1) is 15.0. The van der Waals surface area contributed by atoms with Crippen LogP contribution in [0.25, 0.3) is 5.57 Å². The van der Waals surface area contributed by atoms with Gasteiger partial charge in [-0.15, -0.1) is 0 Å². The molecule has 2 nitrogen and oxygen atoms in total. The maximum Gasteiger partial charge on any atom is 0.352 e. The predicted octanol–water partition coefficient (Wildman–Crippen LogP) is 4.85. The minimum Gasteiger partial charge on any atom is -0.536 e. The summed E-state index contributed by atoms with van der Waals surface area (Å²) < 4.78 is 6.88. The fraction of sp³-hybridized carbons (Fsp3) is 0.286. The molecule has 31 heavy (non-hydrogen) atoms. The molecule has 0 aliphatic heterocycles. The maximum absolute atomic E-state index is 9.88. The fourth-order valence-electron chi connectivity index (χ4n) is 4.47. The third kappa shape index (κ3) is 4.68. The van der Waals surface area contributed by atoms with Gasteiger partial charge >= 0.3 is 9.04 Å². The zero-order valence-electron chi connectivity index (χ0n) is 18.7. The normalized spacial score (nSPS) is 14.0. The molecule has 0 saturated carbocycles.